The summed E-state index contributed by atoms with van der Waals surface area (Å²) in [4.78, 5) is 24.0. The Morgan fingerprint density at radius 1 is 1.13 bits per heavy atom. The minimum absolute atomic E-state index is 0.162. The highest BCUT2D eigenvalue weighted by Gasteiger charge is 2.40. The molecule has 2 aliphatic rings. The molecule has 1 saturated heterocycles. The molecule has 0 bridgehead atoms. The van der Waals surface area contributed by atoms with E-state index in [-0.39, 0.29) is 5.70 Å². The van der Waals surface area contributed by atoms with Crippen molar-refractivity contribution in [2.75, 3.05) is 20.3 Å². The Morgan fingerprint density at radius 3 is 2.17 bits per heavy atom. The monoisotopic (exact) mass is 327 g/mol. The molecule has 1 aliphatic heterocycles. The fourth-order valence-electron chi connectivity index (χ4n) is 2.76. The van der Waals surface area contributed by atoms with Gasteiger partial charge in [-0.05, 0) is 39.2 Å². The van der Waals surface area contributed by atoms with Crippen molar-refractivity contribution in [2.24, 2.45) is 0 Å². The molecule has 1 heterocycles. The molecule has 0 aromatic rings. The van der Waals surface area contributed by atoms with E-state index in [0.29, 0.717) is 38.9 Å². The minimum Gasteiger partial charge on any atom is -0.464 e. The Bertz CT molecular complexity index is 487. The third kappa shape index (κ3) is 4.68. The van der Waals surface area contributed by atoms with E-state index in [1.165, 1.54) is 7.11 Å². The Hall–Kier alpha value is -1.60. The van der Waals surface area contributed by atoms with Crippen molar-refractivity contribution in [3.8, 4) is 0 Å². The van der Waals surface area contributed by atoms with Crippen molar-refractivity contribution < 1.29 is 28.5 Å². The van der Waals surface area contributed by atoms with Crippen LogP contribution in [0.15, 0.2) is 11.3 Å². The lowest BCUT2D eigenvalue weighted by Crippen LogP contribution is -2.37. The maximum Gasteiger partial charge on any atom is 0.412 e. The number of ether oxygens (including phenoxy) is 4. The second-order valence-electron chi connectivity index (χ2n) is 6.70. The molecule has 0 radical (unpaired) electrons. The van der Waals surface area contributed by atoms with Crippen LogP contribution in [0.3, 0.4) is 0 Å². The summed E-state index contributed by atoms with van der Waals surface area (Å²) in [6.45, 7) is 6.47. The standard InChI is InChI=1S/C16H25NO6/c1-15(2,3)23-14(19)17-12(13(18)20-4)11-5-7-16(8-6-11)21-9-10-22-16/h5-10H2,1-4H3,(H,17,19). The fraction of sp³-hybridized carbons (Fsp3) is 0.750. The normalized spacial score (nSPS) is 20.3. The van der Waals surface area contributed by atoms with Gasteiger partial charge in [-0.2, -0.15) is 0 Å². The fourth-order valence-corrected chi connectivity index (χ4v) is 2.76. The molecule has 7 nitrogen and oxygen atoms in total. The Kier molecular flexibility index (Phi) is 5.31. The van der Waals surface area contributed by atoms with Gasteiger partial charge in [-0.25, -0.2) is 9.59 Å². The van der Waals surface area contributed by atoms with E-state index in [2.05, 4.69) is 5.32 Å². The van der Waals surface area contributed by atoms with Gasteiger partial charge in [0.25, 0.3) is 0 Å². The predicted molar refractivity (Wildman–Crippen MR) is 81.5 cm³/mol. The molecule has 0 aromatic carbocycles. The third-order valence-electron chi connectivity index (χ3n) is 3.80. The summed E-state index contributed by atoms with van der Waals surface area (Å²) in [7, 11) is 1.28. The Labute approximate surface area is 136 Å². The summed E-state index contributed by atoms with van der Waals surface area (Å²) >= 11 is 0. The minimum atomic E-state index is -0.668. The molecular weight excluding hydrogens is 302 g/mol. The molecule has 1 amide bonds. The van der Waals surface area contributed by atoms with E-state index in [9.17, 15) is 9.59 Å². The number of carbonyl (C=O) groups excluding carboxylic acids is 2. The first-order valence-corrected chi connectivity index (χ1v) is 7.83. The van der Waals surface area contributed by atoms with Gasteiger partial charge < -0.3 is 18.9 Å². The van der Waals surface area contributed by atoms with Gasteiger partial charge in [0.1, 0.15) is 11.3 Å². The van der Waals surface area contributed by atoms with Crippen LogP contribution in [0.4, 0.5) is 4.79 Å². The first-order chi connectivity index (χ1) is 10.7. The average molecular weight is 327 g/mol. The van der Waals surface area contributed by atoms with E-state index in [0.717, 1.165) is 5.57 Å². The molecule has 130 valence electrons. The lowest BCUT2D eigenvalue weighted by molar-refractivity contribution is -0.171. The number of amides is 1. The highest BCUT2D eigenvalue weighted by Crippen LogP contribution is 2.38. The summed E-state index contributed by atoms with van der Waals surface area (Å²) in [5, 5.41) is 2.54. The first kappa shape index (κ1) is 17.7. The molecule has 0 aromatic heterocycles. The lowest BCUT2D eigenvalue weighted by atomic mass is 9.88. The van der Waals surface area contributed by atoms with Crippen LogP contribution in [0, 0.1) is 0 Å². The van der Waals surface area contributed by atoms with Crippen molar-refractivity contribution in [1.29, 1.82) is 0 Å². The molecule has 2 fully saturated rings. The van der Waals surface area contributed by atoms with Gasteiger partial charge in [-0.1, -0.05) is 0 Å². The van der Waals surface area contributed by atoms with Gasteiger partial charge in [0.2, 0.25) is 0 Å². The lowest BCUT2D eigenvalue weighted by Gasteiger charge is -2.33. The number of methoxy groups -OCH3 is 1. The van der Waals surface area contributed by atoms with Gasteiger partial charge in [-0.3, -0.25) is 5.32 Å². The quantitative estimate of drug-likeness (QED) is 0.619. The molecule has 2 rings (SSSR count). The van der Waals surface area contributed by atoms with Crippen molar-refractivity contribution in [2.45, 2.75) is 57.8 Å². The molecule has 1 spiro atoms. The molecule has 1 aliphatic carbocycles. The van der Waals surface area contributed by atoms with E-state index < -0.39 is 23.5 Å². The van der Waals surface area contributed by atoms with E-state index in [4.69, 9.17) is 18.9 Å². The summed E-state index contributed by atoms with van der Waals surface area (Å²) in [6, 6.07) is 0. The molecule has 1 N–H and O–H groups in total. The number of alkyl carbamates (subject to hydrolysis) is 1. The van der Waals surface area contributed by atoms with E-state index in [1.54, 1.807) is 20.8 Å². The maximum absolute atomic E-state index is 12.0. The number of hydrogen-bond acceptors (Lipinski definition) is 6. The van der Waals surface area contributed by atoms with Crippen LogP contribution in [0.2, 0.25) is 0 Å². The molecular formula is C16H25NO6. The van der Waals surface area contributed by atoms with Crippen LogP contribution < -0.4 is 5.32 Å². The molecule has 23 heavy (non-hydrogen) atoms. The number of nitrogens with one attached hydrogen (secondary N) is 1. The van der Waals surface area contributed by atoms with Crippen LogP contribution in [-0.4, -0.2) is 43.8 Å². The van der Waals surface area contributed by atoms with Gasteiger partial charge in [-0.15, -0.1) is 0 Å². The smallest absolute Gasteiger partial charge is 0.412 e. The molecule has 1 saturated carbocycles. The van der Waals surface area contributed by atoms with Crippen molar-refractivity contribution in [3.05, 3.63) is 11.3 Å². The Morgan fingerprint density at radius 2 is 1.70 bits per heavy atom. The van der Waals surface area contributed by atoms with Crippen molar-refractivity contribution in [3.63, 3.8) is 0 Å². The summed E-state index contributed by atoms with van der Waals surface area (Å²) in [5.74, 6) is -1.11. The summed E-state index contributed by atoms with van der Waals surface area (Å²) in [6.07, 6.45) is 1.83. The SMILES string of the molecule is COC(=O)C(NC(=O)OC(C)(C)C)=C1CCC2(CC1)OCCO2. The number of carbonyl (C=O) groups is 2. The first-order valence-electron chi connectivity index (χ1n) is 7.83. The Balaban J connectivity index is 2.09. The zero-order chi connectivity index (χ0) is 17.1. The van der Waals surface area contributed by atoms with Crippen LogP contribution in [0.25, 0.3) is 0 Å². The highest BCUT2D eigenvalue weighted by atomic mass is 16.7. The number of rotatable bonds is 2. The van der Waals surface area contributed by atoms with Crippen LogP contribution in [0.5, 0.6) is 0 Å². The van der Waals surface area contributed by atoms with Crippen molar-refractivity contribution in [1.82, 2.24) is 5.32 Å². The van der Waals surface area contributed by atoms with Crippen molar-refractivity contribution >= 4 is 12.1 Å². The zero-order valence-corrected chi connectivity index (χ0v) is 14.2. The van der Waals surface area contributed by atoms with E-state index in [1.807, 2.05) is 0 Å². The molecule has 0 unspecified atom stereocenters. The summed E-state index contributed by atoms with van der Waals surface area (Å²) in [5.41, 5.74) is 0.347. The highest BCUT2D eigenvalue weighted by molar-refractivity contribution is 5.93. The van der Waals surface area contributed by atoms with Gasteiger partial charge in [0, 0.05) is 12.8 Å². The van der Waals surface area contributed by atoms with Gasteiger partial charge in [0.05, 0.1) is 20.3 Å². The topological polar surface area (TPSA) is 83.1 Å². The average Bonchev–Trinajstić information content (AvgIpc) is 2.91. The second kappa shape index (κ2) is 6.88. The van der Waals surface area contributed by atoms with Crippen LogP contribution >= 0.6 is 0 Å². The maximum atomic E-state index is 12.0. The largest absolute Gasteiger partial charge is 0.464 e. The molecule has 0 atom stereocenters. The van der Waals surface area contributed by atoms with Crippen LogP contribution in [-0.2, 0) is 23.7 Å². The molecule has 7 heteroatoms. The summed E-state index contributed by atoms with van der Waals surface area (Å²) < 4.78 is 21.3. The van der Waals surface area contributed by atoms with Gasteiger partial charge >= 0.3 is 12.1 Å². The van der Waals surface area contributed by atoms with E-state index >= 15 is 0 Å². The second-order valence-corrected chi connectivity index (χ2v) is 6.70. The van der Waals surface area contributed by atoms with Crippen LogP contribution in [0.1, 0.15) is 46.5 Å². The zero-order valence-electron chi connectivity index (χ0n) is 14.2. The number of hydrogen-bond donors (Lipinski definition) is 1. The van der Waals surface area contributed by atoms with Gasteiger partial charge in [0.15, 0.2) is 5.79 Å². The third-order valence-corrected chi connectivity index (χ3v) is 3.80. The number of allylic oxidation sites excluding steroid dienone is 1. The predicted octanol–water partition coefficient (Wildman–Crippen LogP) is 2.26. The number of esters is 1.